The Morgan fingerprint density at radius 2 is 2.03 bits per heavy atom. The number of hydrogen-bond acceptors (Lipinski definition) is 5. The van der Waals surface area contributed by atoms with Gasteiger partial charge in [0.25, 0.3) is 5.91 Å². The van der Waals surface area contributed by atoms with Crippen molar-refractivity contribution in [2.45, 2.75) is 39.0 Å². The number of nitrogens with zero attached hydrogens (tertiary/aromatic N) is 1. The van der Waals surface area contributed by atoms with Crippen molar-refractivity contribution in [3.05, 3.63) is 62.8 Å². The molecule has 0 spiro atoms. The molecule has 164 valence electrons. The summed E-state index contributed by atoms with van der Waals surface area (Å²) in [6.45, 7) is 1.84. The molecule has 1 amide bonds. The smallest absolute Gasteiger partial charge is 0.257 e. The summed E-state index contributed by atoms with van der Waals surface area (Å²) in [5.74, 6) is -6.75. The molecule has 0 saturated carbocycles. The second-order valence-corrected chi connectivity index (χ2v) is 7.95. The standard InChI is InChI=1S/C21H19F3N2O5/c1-21-5-2-6-31-13(21)9-26-8-11(17(27)18(28)16(26)19(21)29)20(30)25-7-10-3-4-12(22)15(24)14(10)23/h3-4,8,13,28H,2,5-7,9H2,1H3,(H,25,30). The molecule has 1 fully saturated rings. The molecule has 2 aliphatic rings. The van der Waals surface area contributed by atoms with E-state index < -0.39 is 63.9 Å². The number of nitrogens with one attached hydrogen (secondary N) is 1. The number of aromatic hydroxyl groups is 1. The molecule has 1 aromatic carbocycles. The third-order valence-corrected chi connectivity index (χ3v) is 6.02. The summed E-state index contributed by atoms with van der Waals surface area (Å²) in [5, 5.41) is 12.7. The highest BCUT2D eigenvalue weighted by Crippen LogP contribution is 2.42. The van der Waals surface area contributed by atoms with Crippen molar-refractivity contribution >= 4 is 11.7 Å². The Hall–Kier alpha value is -3.14. The maximum Gasteiger partial charge on any atom is 0.257 e. The molecule has 31 heavy (non-hydrogen) atoms. The number of aromatic nitrogens is 1. The van der Waals surface area contributed by atoms with Gasteiger partial charge in [-0.15, -0.1) is 0 Å². The molecule has 0 bridgehead atoms. The van der Waals surface area contributed by atoms with E-state index in [0.29, 0.717) is 25.5 Å². The zero-order chi connectivity index (χ0) is 22.5. The molecule has 10 heteroatoms. The normalized spacial score (nSPS) is 22.6. The van der Waals surface area contributed by atoms with Gasteiger partial charge in [-0.2, -0.15) is 0 Å². The van der Waals surface area contributed by atoms with Gasteiger partial charge < -0.3 is 19.7 Å². The van der Waals surface area contributed by atoms with Crippen molar-refractivity contribution < 1.29 is 32.6 Å². The molecule has 4 rings (SSSR count). The van der Waals surface area contributed by atoms with E-state index in [-0.39, 0.29) is 17.8 Å². The van der Waals surface area contributed by atoms with Crippen LogP contribution in [0.5, 0.6) is 5.75 Å². The average molecular weight is 436 g/mol. The number of pyridine rings is 1. The van der Waals surface area contributed by atoms with Crippen LogP contribution in [0.1, 0.15) is 46.2 Å². The van der Waals surface area contributed by atoms with Gasteiger partial charge in [-0.3, -0.25) is 14.4 Å². The number of rotatable bonds is 3. The van der Waals surface area contributed by atoms with Gasteiger partial charge in [-0.1, -0.05) is 6.07 Å². The van der Waals surface area contributed by atoms with Crippen molar-refractivity contribution in [3.8, 4) is 5.75 Å². The van der Waals surface area contributed by atoms with Crippen LogP contribution in [0.25, 0.3) is 0 Å². The third kappa shape index (κ3) is 3.31. The van der Waals surface area contributed by atoms with E-state index in [0.717, 1.165) is 12.3 Å². The molecule has 1 saturated heterocycles. The first-order valence-electron chi connectivity index (χ1n) is 9.68. The Balaban J connectivity index is 1.64. The molecule has 2 atom stereocenters. The molecule has 0 aliphatic carbocycles. The highest BCUT2D eigenvalue weighted by molar-refractivity contribution is 6.03. The number of halogens is 3. The molecule has 1 aromatic heterocycles. The number of ether oxygens (including phenoxy) is 1. The highest BCUT2D eigenvalue weighted by Gasteiger charge is 2.49. The van der Waals surface area contributed by atoms with Crippen LogP contribution in [0.15, 0.2) is 23.1 Å². The van der Waals surface area contributed by atoms with E-state index in [4.69, 9.17) is 4.74 Å². The number of ketones is 1. The number of carbonyl (C=O) groups excluding carboxylic acids is 2. The molecule has 2 aliphatic heterocycles. The SMILES string of the molecule is CC12CCCOC1Cn1cc(C(=O)NCc3ccc(F)c(F)c3F)c(=O)c(O)c1C2=O. The number of carbonyl (C=O) groups is 2. The molecular formula is C21H19F3N2O5. The van der Waals surface area contributed by atoms with Crippen molar-refractivity contribution in [1.29, 1.82) is 0 Å². The number of Topliss-reactive ketones (excluding diaryl/α,β-unsaturated/α-hetero) is 1. The number of hydrogen-bond donors (Lipinski definition) is 2. The number of fused-ring (bicyclic) bond motifs is 2. The molecule has 7 nitrogen and oxygen atoms in total. The Morgan fingerprint density at radius 3 is 2.77 bits per heavy atom. The largest absolute Gasteiger partial charge is 0.503 e. The first-order valence-corrected chi connectivity index (χ1v) is 9.68. The van der Waals surface area contributed by atoms with Crippen molar-refractivity contribution in [1.82, 2.24) is 9.88 Å². The van der Waals surface area contributed by atoms with E-state index in [9.17, 15) is 32.7 Å². The Kier molecular flexibility index (Phi) is 5.12. The van der Waals surface area contributed by atoms with Crippen molar-refractivity contribution in [2.24, 2.45) is 5.41 Å². The highest BCUT2D eigenvalue weighted by atomic mass is 19.2. The summed E-state index contributed by atoms with van der Waals surface area (Å²) in [6, 6.07) is 1.68. The minimum Gasteiger partial charge on any atom is -0.503 e. The first-order chi connectivity index (χ1) is 14.6. The second-order valence-electron chi connectivity index (χ2n) is 7.95. The van der Waals surface area contributed by atoms with Crippen LogP contribution in [0.3, 0.4) is 0 Å². The first kappa shape index (κ1) is 21.1. The monoisotopic (exact) mass is 436 g/mol. The van der Waals surface area contributed by atoms with Gasteiger partial charge >= 0.3 is 0 Å². The minimum absolute atomic E-state index is 0.156. The van der Waals surface area contributed by atoms with Gasteiger partial charge in [0, 0.05) is 24.9 Å². The van der Waals surface area contributed by atoms with Crippen LogP contribution < -0.4 is 10.7 Å². The summed E-state index contributed by atoms with van der Waals surface area (Å²) in [6.07, 6.45) is 1.89. The third-order valence-electron chi connectivity index (χ3n) is 6.02. The lowest BCUT2D eigenvalue weighted by atomic mass is 9.71. The molecule has 2 unspecified atom stereocenters. The van der Waals surface area contributed by atoms with E-state index in [1.165, 1.54) is 4.57 Å². The summed E-state index contributed by atoms with van der Waals surface area (Å²) in [4.78, 5) is 38.1. The van der Waals surface area contributed by atoms with Crippen molar-refractivity contribution in [3.63, 3.8) is 0 Å². The summed E-state index contributed by atoms with van der Waals surface area (Å²) in [5.41, 5.74) is -2.91. The average Bonchev–Trinajstić information content (AvgIpc) is 2.74. The Labute approximate surface area is 174 Å². The zero-order valence-corrected chi connectivity index (χ0v) is 16.5. The summed E-state index contributed by atoms with van der Waals surface area (Å²) in [7, 11) is 0. The quantitative estimate of drug-likeness (QED) is 0.720. The molecule has 2 N–H and O–H groups in total. The fraction of sp³-hybridized carbons (Fsp3) is 0.381. The Morgan fingerprint density at radius 1 is 1.29 bits per heavy atom. The van der Waals surface area contributed by atoms with E-state index in [2.05, 4.69) is 5.32 Å². The second kappa shape index (κ2) is 7.52. The predicted octanol–water partition coefficient (Wildman–Crippen LogP) is 2.28. The molecular weight excluding hydrogens is 417 g/mol. The molecule has 3 heterocycles. The summed E-state index contributed by atoms with van der Waals surface area (Å²) >= 11 is 0. The lowest BCUT2D eigenvalue weighted by Crippen LogP contribution is -2.52. The number of benzene rings is 1. The van der Waals surface area contributed by atoms with Gasteiger partial charge in [0.2, 0.25) is 5.43 Å². The van der Waals surface area contributed by atoms with Crippen LogP contribution in [0.2, 0.25) is 0 Å². The Bertz CT molecular complexity index is 1160. The van der Waals surface area contributed by atoms with Gasteiger partial charge in [-0.25, -0.2) is 13.2 Å². The van der Waals surface area contributed by atoms with Gasteiger partial charge in [0.15, 0.2) is 29.0 Å². The van der Waals surface area contributed by atoms with E-state index in [1.54, 1.807) is 6.92 Å². The molecule has 2 aromatic rings. The van der Waals surface area contributed by atoms with E-state index in [1.807, 2.05) is 0 Å². The maximum absolute atomic E-state index is 13.8. The van der Waals surface area contributed by atoms with Crippen LogP contribution >= 0.6 is 0 Å². The number of amides is 1. The lowest BCUT2D eigenvalue weighted by Gasteiger charge is -2.44. The zero-order valence-electron chi connectivity index (χ0n) is 16.5. The fourth-order valence-electron chi connectivity index (χ4n) is 4.14. The topological polar surface area (TPSA) is 97.6 Å². The lowest BCUT2D eigenvalue weighted by molar-refractivity contribution is -0.0740. The maximum atomic E-state index is 13.8. The van der Waals surface area contributed by atoms with Crippen LogP contribution in [-0.4, -0.2) is 34.1 Å². The van der Waals surface area contributed by atoms with Crippen molar-refractivity contribution in [2.75, 3.05) is 6.61 Å². The van der Waals surface area contributed by atoms with Crippen LogP contribution in [0, 0.1) is 22.9 Å². The minimum atomic E-state index is -1.67. The van der Waals surface area contributed by atoms with Crippen LogP contribution in [-0.2, 0) is 17.8 Å². The van der Waals surface area contributed by atoms with Crippen LogP contribution in [0.4, 0.5) is 13.2 Å². The molecule has 0 radical (unpaired) electrons. The van der Waals surface area contributed by atoms with Gasteiger partial charge in [-0.05, 0) is 25.8 Å². The summed E-state index contributed by atoms with van der Waals surface area (Å²) < 4.78 is 47.2. The van der Waals surface area contributed by atoms with E-state index >= 15 is 0 Å². The van der Waals surface area contributed by atoms with Gasteiger partial charge in [0.05, 0.1) is 18.1 Å². The predicted molar refractivity (Wildman–Crippen MR) is 101 cm³/mol. The van der Waals surface area contributed by atoms with Gasteiger partial charge in [0.1, 0.15) is 11.3 Å². The fourth-order valence-corrected chi connectivity index (χ4v) is 4.14.